The lowest BCUT2D eigenvalue weighted by Crippen LogP contribution is -2.03. The van der Waals surface area contributed by atoms with Gasteiger partial charge in [-0.05, 0) is 61.1 Å². The largest absolute Gasteiger partial charge is 0.497 e. The van der Waals surface area contributed by atoms with Gasteiger partial charge in [0.15, 0.2) is 0 Å². The van der Waals surface area contributed by atoms with Crippen molar-refractivity contribution in [2.24, 2.45) is 0 Å². The van der Waals surface area contributed by atoms with E-state index in [0.717, 1.165) is 16.9 Å². The van der Waals surface area contributed by atoms with E-state index in [0.29, 0.717) is 0 Å². The second-order valence-corrected chi connectivity index (χ2v) is 8.09. The normalized spacial score (nSPS) is 11.9. The Morgan fingerprint density at radius 1 is 1.08 bits per heavy atom. The number of aryl methyl sites for hydroxylation is 1. The van der Waals surface area contributed by atoms with E-state index in [-0.39, 0.29) is 9.80 Å². The van der Waals surface area contributed by atoms with E-state index in [4.69, 9.17) is 4.74 Å². The fraction of sp³-hybridized carbons (Fsp3) is 0.143. The number of thioether (sulfide) groups is 1. The van der Waals surface area contributed by atoms with E-state index in [1.165, 1.54) is 17.8 Å². The van der Waals surface area contributed by atoms with Crippen molar-refractivity contribution in [3.05, 3.63) is 82.1 Å². The predicted octanol–water partition coefficient (Wildman–Crippen LogP) is 4.59. The first kappa shape index (κ1) is 19.9. The van der Waals surface area contributed by atoms with E-state index in [9.17, 15) is 8.42 Å². The molecule has 0 heterocycles. The zero-order valence-corrected chi connectivity index (χ0v) is 16.5. The standard InChI is InChI=1S/C21H20O3S2/c1-17-7-13-21(14-8-17)26(22,23)20(15-16-25-3)6-4-5-18-9-11-19(24-2)12-10-18/h6-16H,1-3H3/b16-15-,20-6+. The first-order valence-electron chi connectivity index (χ1n) is 7.84. The molecule has 2 rings (SSSR count). The molecule has 2 aromatic rings. The Labute approximate surface area is 159 Å². The van der Waals surface area contributed by atoms with E-state index in [1.807, 2.05) is 37.4 Å². The van der Waals surface area contributed by atoms with Crippen LogP contribution in [0.1, 0.15) is 11.1 Å². The molecule has 0 atom stereocenters. The SMILES string of the molecule is COc1ccc(C#C/C=C(\C=C/SC)S(=O)(=O)c2ccc(C)cc2)cc1. The third-order valence-electron chi connectivity index (χ3n) is 3.53. The first-order valence-corrected chi connectivity index (χ1v) is 10.6. The number of methoxy groups -OCH3 is 1. The van der Waals surface area contributed by atoms with Crippen molar-refractivity contribution in [1.29, 1.82) is 0 Å². The summed E-state index contributed by atoms with van der Waals surface area (Å²) in [5.41, 5.74) is 1.79. The molecule has 0 spiro atoms. The minimum Gasteiger partial charge on any atom is -0.497 e. The summed E-state index contributed by atoms with van der Waals surface area (Å²) in [6.45, 7) is 1.92. The molecule has 0 aliphatic carbocycles. The second-order valence-electron chi connectivity index (χ2n) is 5.40. The van der Waals surface area contributed by atoms with E-state index in [2.05, 4.69) is 11.8 Å². The van der Waals surface area contributed by atoms with Crippen LogP contribution < -0.4 is 4.74 Å². The number of allylic oxidation sites excluding steroid dienone is 2. The monoisotopic (exact) mass is 384 g/mol. The molecular weight excluding hydrogens is 364 g/mol. The van der Waals surface area contributed by atoms with Gasteiger partial charge < -0.3 is 4.74 Å². The molecule has 0 unspecified atom stereocenters. The highest BCUT2D eigenvalue weighted by atomic mass is 32.2. The summed E-state index contributed by atoms with van der Waals surface area (Å²) >= 11 is 1.43. The molecule has 0 bridgehead atoms. The van der Waals surface area contributed by atoms with Gasteiger partial charge in [0.2, 0.25) is 9.84 Å². The molecule has 0 amide bonds. The molecular formula is C21H20O3S2. The Balaban J connectivity index is 2.37. The highest BCUT2D eigenvalue weighted by molar-refractivity contribution is 8.01. The molecule has 134 valence electrons. The summed E-state index contributed by atoms with van der Waals surface area (Å²) in [7, 11) is -2.02. The first-order chi connectivity index (χ1) is 12.5. The molecule has 0 N–H and O–H groups in total. The van der Waals surface area contributed by atoms with Gasteiger partial charge in [-0.3, -0.25) is 0 Å². The zero-order valence-electron chi connectivity index (χ0n) is 14.9. The summed E-state index contributed by atoms with van der Waals surface area (Å²) in [5, 5.41) is 1.73. The number of hydrogen-bond donors (Lipinski definition) is 0. The molecule has 2 aromatic carbocycles. The Kier molecular flexibility index (Phi) is 7.14. The smallest absolute Gasteiger partial charge is 0.207 e. The summed E-state index contributed by atoms with van der Waals surface area (Å²) in [4.78, 5) is 0.420. The predicted molar refractivity (Wildman–Crippen MR) is 109 cm³/mol. The molecule has 0 radical (unpaired) electrons. The molecule has 0 saturated heterocycles. The van der Waals surface area contributed by atoms with Gasteiger partial charge in [-0.2, -0.15) is 0 Å². The van der Waals surface area contributed by atoms with Gasteiger partial charge in [-0.1, -0.05) is 29.5 Å². The van der Waals surface area contributed by atoms with Gasteiger partial charge in [0.1, 0.15) is 5.75 Å². The Bertz CT molecular complexity index is 957. The van der Waals surface area contributed by atoms with Crippen molar-refractivity contribution in [2.75, 3.05) is 13.4 Å². The number of hydrogen-bond acceptors (Lipinski definition) is 4. The highest BCUT2D eigenvalue weighted by Gasteiger charge is 2.18. The van der Waals surface area contributed by atoms with Crippen molar-refractivity contribution >= 4 is 21.6 Å². The maximum absolute atomic E-state index is 12.9. The fourth-order valence-corrected chi connectivity index (χ4v) is 3.67. The molecule has 26 heavy (non-hydrogen) atoms. The average molecular weight is 385 g/mol. The summed E-state index contributed by atoms with van der Waals surface area (Å²) in [5.74, 6) is 6.54. The summed E-state index contributed by atoms with van der Waals surface area (Å²) in [6, 6.07) is 14.1. The van der Waals surface area contributed by atoms with Crippen LogP contribution in [0.2, 0.25) is 0 Å². The Hall–Kier alpha value is -2.42. The van der Waals surface area contributed by atoms with E-state index < -0.39 is 9.84 Å². The van der Waals surface area contributed by atoms with Crippen LogP contribution in [0.4, 0.5) is 0 Å². The van der Waals surface area contributed by atoms with Gasteiger partial charge in [0.25, 0.3) is 0 Å². The van der Waals surface area contributed by atoms with Gasteiger partial charge in [-0.25, -0.2) is 8.42 Å². The third-order valence-corrected chi connectivity index (χ3v) is 5.71. The molecule has 0 aliphatic rings. The van der Waals surface area contributed by atoms with Crippen LogP contribution in [0, 0.1) is 18.8 Å². The van der Waals surface area contributed by atoms with Gasteiger partial charge in [-0.15, -0.1) is 11.8 Å². The number of sulfone groups is 1. The molecule has 0 aliphatic heterocycles. The van der Waals surface area contributed by atoms with Crippen molar-refractivity contribution in [2.45, 2.75) is 11.8 Å². The lowest BCUT2D eigenvalue weighted by atomic mass is 10.2. The van der Waals surface area contributed by atoms with E-state index in [1.54, 1.807) is 42.9 Å². The number of rotatable bonds is 5. The van der Waals surface area contributed by atoms with Crippen LogP contribution in [-0.4, -0.2) is 21.8 Å². The van der Waals surface area contributed by atoms with Crippen molar-refractivity contribution in [3.63, 3.8) is 0 Å². The molecule has 0 aromatic heterocycles. The average Bonchev–Trinajstić information content (AvgIpc) is 2.65. The van der Waals surface area contributed by atoms with Gasteiger partial charge in [0, 0.05) is 11.6 Å². The van der Waals surface area contributed by atoms with Crippen LogP contribution in [0.25, 0.3) is 0 Å². The maximum Gasteiger partial charge on any atom is 0.207 e. The van der Waals surface area contributed by atoms with Crippen LogP contribution in [0.5, 0.6) is 5.75 Å². The van der Waals surface area contributed by atoms with E-state index >= 15 is 0 Å². The number of ether oxygens (including phenoxy) is 1. The van der Waals surface area contributed by atoms with Gasteiger partial charge >= 0.3 is 0 Å². The van der Waals surface area contributed by atoms with Gasteiger partial charge in [0.05, 0.1) is 16.9 Å². The highest BCUT2D eigenvalue weighted by Crippen LogP contribution is 2.21. The van der Waals surface area contributed by atoms with Crippen LogP contribution in [0.15, 0.2) is 75.9 Å². The fourth-order valence-electron chi connectivity index (χ4n) is 2.07. The van der Waals surface area contributed by atoms with Crippen molar-refractivity contribution in [1.82, 2.24) is 0 Å². The van der Waals surface area contributed by atoms with Crippen molar-refractivity contribution in [3.8, 4) is 17.6 Å². The Morgan fingerprint density at radius 3 is 2.31 bits per heavy atom. The minimum atomic E-state index is -3.62. The topological polar surface area (TPSA) is 43.4 Å². The lowest BCUT2D eigenvalue weighted by molar-refractivity contribution is 0.415. The number of benzene rings is 2. The molecule has 5 heteroatoms. The van der Waals surface area contributed by atoms with Crippen molar-refractivity contribution < 1.29 is 13.2 Å². The Morgan fingerprint density at radius 2 is 1.73 bits per heavy atom. The lowest BCUT2D eigenvalue weighted by Gasteiger charge is -2.05. The summed E-state index contributed by atoms with van der Waals surface area (Å²) in [6.07, 6.45) is 4.88. The van der Waals surface area contributed by atoms with Crippen LogP contribution in [-0.2, 0) is 9.84 Å². The quantitative estimate of drug-likeness (QED) is 0.559. The molecule has 0 fully saturated rings. The minimum absolute atomic E-state index is 0.164. The molecule has 3 nitrogen and oxygen atoms in total. The second kappa shape index (κ2) is 9.33. The summed E-state index contributed by atoms with van der Waals surface area (Å²) < 4.78 is 30.8. The van der Waals surface area contributed by atoms with Crippen LogP contribution in [0.3, 0.4) is 0 Å². The molecule has 0 saturated carbocycles. The zero-order chi connectivity index (χ0) is 19.0. The third kappa shape index (κ3) is 5.29. The maximum atomic E-state index is 12.9. The van der Waals surface area contributed by atoms with Crippen LogP contribution >= 0.6 is 11.8 Å².